The monoisotopic (exact) mass is 472 g/mol. The molecule has 1 saturated heterocycles. The highest BCUT2D eigenvalue weighted by molar-refractivity contribution is 6.02. The second-order valence-corrected chi connectivity index (χ2v) is 9.33. The molecule has 2 aliphatic rings. The van der Waals surface area contributed by atoms with Crippen LogP contribution in [0.3, 0.4) is 0 Å². The van der Waals surface area contributed by atoms with E-state index in [1.807, 2.05) is 43.0 Å². The number of carbonyl (C=O) groups excluding carboxylic acids is 3. The van der Waals surface area contributed by atoms with Crippen LogP contribution in [0.25, 0.3) is 0 Å². The molecule has 1 saturated carbocycles. The minimum absolute atomic E-state index is 0.0196. The highest BCUT2D eigenvalue weighted by Crippen LogP contribution is 2.29. The summed E-state index contributed by atoms with van der Waals surface area (Å²) in [6.07, 6.45) is 4.05. The standard InChI is InChI=1S/C25H36N4O5/c1-16(2)34-23(30)20-8-10-21(11-9-20)27-24(31)29-14-12-18(13-15-29)17-4-6-19(7-5-17)22(26)28-25(32)33-3/h4-7,16,18,20-21H,8-15H2,1-3H3,(H,27,31)(H2,26,28,32). The topological polar surface area (TPSA) is 123 Å². The van der Waals surface area contributed by atoms with E-state index < -0.39 is 6.09 Å². The number of aliphatic imine (C=N–C) groups is 1. The van der Waals surface area contributed by atoms with Gasteiger partial charge in [-0.2, -0.15) is 4.99 Å². The Kier molecular flexibility index (Phi) is 8.90. The Morgan fingerprint density at radius 3 is 2.21 bits per heavy atom. The van der Waals surface area contributed by atoms with Crippen molar-refractivity contribution in [1.82, 2.24) is 10.2 Å². The number of nitrogens with one attached hydrogen (secondary N) is 1. The van der Waals surface area contributed by atoms with Gasteiger partial charge in [-0.25, -0.2) is 9.59 Å². The molecule has 3 N–H and O–H groups in total. The second-order valence-electron chi connectivity index (χ2n) is 9.33. The number of amides is 3. The number of esters is 1. The molecule has 1 aromatic carbocycles. The van der Waals surface area contributed by atoms with Crippen molar-refractivity contribution in [2.45, 2.75) is 70.4 Å². The molecule has 0 unspecified atom stereocenters. The first kappa shape index (κ1) is 25.5. The third-order valence-electron chi connectivity index (χ3n) is 6.59. The van der Waals surface area contributed by atoms with Gasteiger partial charge in [0.05, 0.1) is 19.1 Å². The van der Waals surface area contributed by atoms with Gasteiger partial charge < -0.3 is 25.4 Å². The third-order valence-corrected chi connectivity index (χ3v) is 6.59. The number of piperidine rings is 1. The molecule has 9 heteroatoms. The van der Waals surface area contributed by atoms with Gasteiger partial charge in [0.25, 0.3) is 0 Å². The Morgan fingerprint density at radius 1 is 1.03 bits per heavy atom. The van der Waals surface area contributed by atoms with Crippen LogP contribution in [-0.2, 0) is 14.3 Å². The molecule has 0 spiro atoms. The van der Waals surface area contributed by atoms with Crippen LogP contribution in [0, 0.1) is 5.92 Å². The first-order valence-electron chi connectivity index (χ1n) is 12.0. The van der Waals surface area contributed by atoms with Gasteiger partial charge in [-0.1, -0.05) is 24.3 Å². The highest BCUT2D eigenvalue weighted by atomic mass is 16.5. The van der Waals surface area contributed by atoms with Crippen molar-refractivity contribution in [3.05, 3.63) is 35.4 Å². The summed E-state index contributed by atoms with van der Waals surface area (Å²) in [7, 11) is 1.26. The van der Waals surface area contributed by atoms with E-state index in [0.29, 0.717) is 24.6 Å². The molecule has 2 fully saturated rings. The van der Waals surface area contributed by atoms with E-state index in [2.05, 4.69) is 15.0 Å². The molecule has 9 nitrogen and oxygen atoms in total. The quantitative estimate of drug-likeness (QED) is 0.384. The second kappa shape index (κ2) is 11.9. The van der Waals surface area contributed by atoms with Gasteiger partial charge in [-0.15, -0.1) is 0 Å². The minimum atomic E-state index is -0.728. The van der Waals surface area contributed by atoms with Crippen LogP contribution in [0.4, 0.5) is 9.59 Å². The highest BCUT2D eigenvalue weighted by Gasteiger charge is 2.30. The first-order valence-corrected chi connectivity index (χ1v) is 12.0. The number of amidine groups is 1. The number of hydrogen-bond acceptors (Lipinski definition) is 5. The molecule has 1 aliphatic carbocycles. The summed E-state index contributed by atoms with van der Waals surface area (Å²) in [6, 6.07) is 7.79. The normalized spacial score (nSPS) is 21.8. The van der Waals surface area contributed by atoms with Gasteiger partial charge in [0, 0.05) is 24.7 Å². The average molecular weight is 473 g/mol. The number of carbonyl (C=O) groups is 3. The summed E-state index contributed by atoms with van der Waals surface area (Å²) in [5.41, 5.74) is 7.69. The molecule has 0 atom stereocenters. The largest absolute Gasteiger partial charge is 0.463 e. The van der Waals surface area contributed by atoms with E-state index in [0.717, 1.165) is 38.5 Å². The minimum Gasteiger partial charge on any atom is -0.463 e. The Bertz CT molecular complexity index is 883. The summed E-state index contributed by atoms with van der Waals surface area (Å²) >= 11 is 0. The van der Waals surface area contributed by atoms with Crippen molar-refractivity contribution in [2.75, 3.05) is 20.2 Å². The summed E-state index contributed by atoms with van der Waals surface area (Å²) in [5.74, 6) is 0.308. The maximum Gasteiger partial charge on any atom is 0.435 e. The predicted octanol–water partition coefficient (Wildman–Crippen LogP) is 3.56. The van der Waals surface area contributed by atoms with Crippen molar-refractivity contribution < 1.29 is 23.9 Å². The smallest absolute Gasteiger partial charge is 0.435 e. The molecule has 0 aromatic heterocycles. The molecule has 1 aliphatic heterocycles. The third kappa shape index (κ3) is 6.95. The number of likely N-dealkylation sites (tertiary alicyclic amines) is 1. The summed E-state index contributed by atoms with van der Waals surface area (Å²) in [4.78, 5) is 41.7. The van der Waals surface area contributed by atoms with Crippen LogP contribution in [-0.4, -0.2) is 61.2 Å². The molecule has 186 valence electrons. The zero-order valence-corrected chi connectivity index (χ0v) is 20.3. The molecule has 1 aromatic rings. The summed E-state index contributed by atoms with van der Waals surface area (Å²) in [5, 5.41) is 3.15. The van der Waals surface area contributed by atoms with Crippen LogP contribution >= 0.6 is 0 Å². The predicted molar refractivity (Wildman–Crippen MR) is 129 cm³/mol. The van der Waals surface area contributed by atoms with Crippen molar-refractivity contribution in [1.29, 1.82) is 0 Å². The fraction of sp³-hybridized carbons (Fsp3) is 0.600. The lowest BCUT2D eigenvalue weighted by Crippen LogP contribution is -2.48. The van der Waals surface area contributed by atoms with E-state index in [1.165, 1.54) is 12.7 Å². The van der Waals surface area contributed by atoms with E-state index in [4.69, 9.17) is 10.5 Å². The number of benzene rings is 1. The van der Waals surface area contributed by atoms with E-state index in [9.17, 15) is 14.4 Å². The number of nitrogens with zero attached hydrogens (tertiary/aromatic N) is 2. The first-order chi connectivity index (χ1) is 16.3. The Hall–Kier alpha value is -3.10. The number of rotatable bonds is 5. The lowest BCUT2D eigenvalue weighted by atomic mass is 9.86. The van der Waals surface area contributed by atoms with Crippen molar-refractivity contribution in [3.8, 4) is 0 Å². The van der Waals surface area contributed by atoms with Crippen molar-refractivity contribution >= 4 is 23.9 Å². The van der Waals surface area contributed by atoms with Crippen molar-refractivity contribution in [3.63, 3.8) is 0 Å². The molecule has 3 amide bonds. The van der Waals surface area contributed by atoms with Gasteiger partial charge in [-0.3, -0.25) is 4.79 Å². The SMILES string of the molecule is COC(=O)N=C(N)c1ccc(C2CCN(C(=O)NC3CCC(C(=O)OC(C)C)CC3)CC2)cc1. The molecule has 0 radical (unpaired) electrons. The molecular formula is C25H36N4O5. The molecule has 1 heterocycles. The molecule has 34 heavy (non-hydrogen) atoms. The number of ether oxygens (including phenoxy) is 2. The van der Waals surface area contributed by atoms with Crippen LogP contribution in [0.5, 0.6) is 0 Å². The lowest BCUT2D eigenvalue weighted by molar-refractivity contribution is -0.153. The molecule has 3 rings (SSSR count). The average Bonchev–Trinajstić information content (AvgIpc) is 2.84. The Balaban J connectivity index is 1.43. The zero-order valence-electron chi connectivity index (χ0n) is 20.3. The van der Waals surface area contributed by atoms with Gasteiger partial charge in [0.15, 0.2) is 0 Å². The van der Waals surface area contributed by atoms with Crippen molar-refractivity contribution in [2.24, 2.45) is 16.6 Å². The van der Waals surface area contributed by atoms with Crippen LogP contribution in [0.15, 0.2) is 29.3 Å². The fourth-order valence-electron chi connectivity index (χ4n) is 4.62. The zero-order chi connectivity index (χ0) is 24.7. The maximum atomic E-state index is 12.8. The Morgan fingerprint density at radius 2 is 1.65 bits per heavy atom. The van der Waals surface area contributed by atoms with Crippen LogP contribution < -0.4 is 11.1 Å². The number of methoxy groups -OCH3 is 1. The number of urea groups is 1. The van der Waals surface area contributed by atoms with E-state index >= 15 is 0 Å². The van der Waals surface area contributed by atoms with Crippen LogP contribution in [0.2, 0.25) is 0 Å². The lowest BCUT2D eigenvalue weighted by Gasteiger charge is -2.35. The van der Waals surface area contributed by atoms with Crippen LogP contribution in [0.1, 0.15) is 69.4 Å². The van der Waals surface area contributed by atoms with E-state index in [1.54, 1.807) is 0 Å². The summed E-state index contributed by atoms with van der Waals surface area (Å²) < 4.78 is 9.82. The van der Waals surface area contributed by atoms with Gasteiger partial charge in [0.2, 0.25) is 0 Å². The maximum absolute atomic E-state index is 12.8. The van der Waals surface area contributed by atoms with Gasteiger partial charge in [-0.05, 0) is 63.9 Å². The van der Waals surface area contributed by atoms with E-state index in [-0.39, 0.29) is 35.9 Å². The molecular weight excluding hydrogens is 436 g/mol. The van der Waals surface area contributed by atoms with Gasteiger partial charge in [0.1, 0.15) is 5.84 Å². The number of hydrogen-bond donors (Lipinski definition) is 2. The summed E-state index contributed by atoms with van der Waals surface area (Å²) in [6.45, 7) is 5.11. The Labute approximate surface area is 201 Å². The van der Waals surface area contributed by atoms with Gasteiger partial charge >= 0.3 is 18.1 Å². The number of nitrogens with two attached hydrogens (primary N) is 1. The fourth-order valence-corrected chi connectivity index (χ4v) is 4.62. The molecule has 0 bridgehead atoms.